The van der Waals surface area contributed by atoms with Gasteiger partial charge in [0.25, 0.3) is 0 Å². The van der Waals surface area contributed by atoms with Gasteiger partial charge < -0.3 is 15.0 Å². The van der Waals surface area contributed by atoms with E-state index in [2.05, 4.69) is 49.2 Å². The van der Waals surface area contributed by atoms with E-state index in [1.165, 1.54) is 5.69 Å². The lowest BCUT2D eigenvalue weighted by Gasteiger charge is -2.28. The van der Waals surface area contributed by atoms with Crippen LogP contribution < -0.4 is 10.2 Å². The fraction of sp³-hybridized carbons (Fsp3) is 0.600. The predicted octanol–water partition coefficient (Wildman–Crippen LogP) is 3.31. The summed E-state index contributed by atoms with van der Waals surface area (Å²) in [5.41, 5.74) is 2.31. The van der Waals surface area contributed by atoms with Crippen molar-refractivity contribution in [1.82, 2.24) is 5.32 Å². The van der Waals surface area contributed by atoms with E-state index in [0.29, 0.717) is 12.6 Å². The molecule has 0 saturated heterocycles. The molecule has 0 fully saturated rings. The number of ether oxygens (including phenoxy) is 1. The lowest BCUT2D eigenvalue weighted by atomic mass is 10.1. The van der Waals surface area contributed by atoms with Crippen LogP contribution >= 0.6 is 11.6 Å². The molecule has 0 heterocycles. The number of benzene rings is 1. The van der Waals surface area contributed by atoms with E-state index in [4.69, 9.17) is 16.3 Å². The van der Waals surface area contributed by atoms with Gasteiger partial charge in [-0.2, -0.15) is 0 Å². The van der Waals surface area contributed by atoms with E-state index in [-0.39, 0.29) is 0 Å². The topological polar surface area (TPSA) is 24.5 Å². The molecule has 0 aliphatic carbocycles. The largest absolute Gasteiger partial charge is 0.383 e. The van der Waals surface area contributed by atoms with Gasteiger partial charge in [-0.15, -0.1) is 0 Å². The van der Waals surface area contributed by atoms with Gasteiger partial charge in [0.15, 0.2) is 0 Å². The summed E-state index contributed by atoms with van der Waals surface area (Å²) in [6, 6.07) is 6.77. The van der Waals surface area contributed by atoms with Gasteiger partial charge >= 0.3 is 0 Å². The molecule has 0 aromatic heterocycles. The summed E-state index contributed by atoms with van der Waals surface area (Å²) in [4.78, 5) is 2.33. The predicted molar refractivity (Wildman–Crippen MR) is 83.2 cm³/mol. The van der Waals surface area contributed by atoms with Crippen LogP contribution in [0.5, 0.6) is 0 Å². The Morgan fingerprint density at radius 2 is 2.11 bits per heavy atom. The summed E-state index contributed by atoms with van der Waals surface area (Å²) in [6.45, 7) is 9.85. The molecular weight excluding hydrogens is 260 g/mol. The molecule has 1 aromatic rings. The smallest absolute Gasteiger partial charge is 0.0587 e. The Bertz CT molecular complexity index is 382. The van der Waals surface area contributed by atoms with Gasteiger partial charge in [0, 0.05) is 43.5 Å². The lowest BCUT2D eigenvalue weighted by molar-refractivity contribution is 0.199. The molecule has 1 rings (SSSR count). The molecule has 0 saturated carbocycles. The van der Waals surface area contributed by atoms with Crippen LogP contribution in [-0.2, 0) is 11.3 Å². The van der Waals surface area contributed by atoms with Gasteiger partial charge in [-0.25, -0.2) is 0 Å². The lowest BCUT2D eigenvalue weighted by Crippen LogP contribution is -2.30. The Morgan fingerprint density at radius 3 is 2.63 bits per heavy atom. The summed E-state index contributed by atoms with van der Waals surface area (Å²) >= 11 is 6.35. The highest BCUT2D eigenvalue weighted by Gasteiger charge is 2.10. The maximum Gasteiger partial charge on any atom is 0.0587 e. The van der Waals surface area contributed by atoms with E-state index in [9.17, 15) is 0 Å². The van der Waals surface area contributed by atoms with Gasteiger partial charge in [-0.3, -0.25) is 0 Å². The van der Waals surface area contributed by atoms with Crippen LogP contribution in [0.15, 0.2) is 18.2 Å². The Balaban J connectivity index is 2.68. The molecule has 0 aliphatic heterocycles. The highest BCUT2D eigenvalue weighted by Crippen LogP contribution is 2.25. The number of rotatable bonds is 8. The van der Waals surface area contributed by atoms with E-state index in [1.807, 2.05) is 0 Å². The van der Waals surface area contributed by atoms with E-state index in [1.54, 1.807) is 7.11 Å². The Morgan fingerprint density at radius 1 is 1.37 bits per heavy atom. The standard InChI is InChI=1S/C15H25ClN2O/c1-5-18(12(2)3)14-7-6-13(15(16)10-14)11-17-8-9-19-4/h6-7,10,12,17H,5,8-9,11H2,1-4H3. The fourth-order valence-corrected chi connectivity index (χ4v) is 2.34. The van der Waals surface area contributed by atoms with Crippen molar-refractivity contribution >= 4 is 17.3 Å². The molecule has 0 bridgehead atoms. The average Bonchev–Trinajstić information content (AvgIpc) is 2.37. The fourth-order valence-electron chi connectivity index (χ4n) is 2.10. The SMILES string of the molecule is CCN(c1ccc(CNCCOC)c(Cl)c1)C(C)C. The maximum absolute atomic E-state index is 6.35. The monoisotopic (exact) mass is 284 g/mol. The zero-order valence-corrected chi connectivity index (χ0v) is 13.1. The number of hydrogen-bond acceptors (Lipinski definition) is 3. The van der Waals surface area contributed by atoms with Gasteiger partial charge in [0.1, 0.15) is 0 Å². The minimum atomic E-state index is 0.478. The quantitative estimate of drug-likeness (QED) is 0.741. The highest BCUT2D eigenvalue weighted by atomic mass is 35.5. The first-order chi connectivity index (χ1) is 9.10. The number of halogens is 1. The first-order valence-electron chi connectivity index (χ1n) is 6.84. The van der Waals surface area contributed by atoms with Crippen molar-refractivity contribution in [3.05, 3.63) is 28.8 Å². The third-order valence-corrected chi connectivity index (χ3v) is 3.48. The minimum Gasteiger partial charge on any atom is -0.383 e. The van der Waals surface area contributed by atoms with Crippen molar-refractivity contribution in [2.45, 2.75) is 33.4 Å². The van der Waals surface area contributed by atoms with Gasteiger partial charge in [0.2, 0.25) is 0 Å². The summed E-state index contributed by atoms with van der Waals surface area (Å²) in [6.07, 6.45) is 0. The number of methoxy groups -OCH3 is 1. The Hall–Kier alpha value is -0.770. The van der Waals surface area contributed by atoms with Gasteiger partial charge in [-0.05, 0) is 38.5 Å². The molecule has 0 unspecified atom stereocenters. The van der Waals surface area contributed by atoms with Crippen molar-refractivity contribution in [1.29, 1.82) is 0 Å². The first-order valence-corrected chi connectivity index (χ1v) is 7.22. The molecule has 0 atom stereocenters. The summed E-state index contributed by atoms with van der Waals surface area (Å²) < 4.78 is 5.00. The molecule has 0 radical (unpaired) electrons. The number of nitrogens with one attached hydrogen (secondary N) is 1. The van der Waals surface area contributed by atoms with Crippen molar-refractivity contribution in [2.24, 2.45) is 0 Å². The molecule has 0 aliphatic rings. The first kappa shape index (κ1) is 16.3. The number of anilines is 1. The summed E-state index contributed by atoms with van der Waals surface area (Å²) in [7, 11) is 1.70. The third kappa shape index (κ3) is 5.01. The average molecular weight is 285 g/mol. The molecule has 4 heteroatoms. The Kier molecular flexibility index (Phi) is 7.21. The van der Waals surface area contributed by atoms with Crippen LogP contribution in [0.2, 0.25) is 5.02 Å². The van der Waals surface area contributed by atoms with Crippen LogP contribution in [0.3, 0.4) is 0 Å². The van der Waals surface area contributed by atoms with Gasteiger partial charge in [-0.1, -0.05) is 17.7 Å². The molecule has 108 valence electrons. The van der Waals surface area contributed by atoms with E-state index >= 15 is 0 Å². The second kappa shape index (κ2) is 8.41. The van der Waals surface area contributed by atoms with E-state index < -0.39 is 0 Å². The second-order valence-electron chi connectivity index (χ2n) is 4.83. The summed E-state index contributed by atoms with van der Waals surface area (Å²) in [5, 5.41) is 4.13. The Labute approximate surface area is 121 Å². The molecular formula is C15H25ClN2O. The van der Waals surface area contributed by atoms with Gasteiger partial charge in [0.05, 0.1) is 6.61 Å². The highest BCUT2D eigenvalue weighted by molar-refractivity contribution is 6.31. The molecule has 1 aromatic carbocycles. The molecule has 1 N–H and O–H groups in total. The molecule has 0 spiro atoms. The van der Waals surface area contributed by atoms with E-state index in [0.717, 1.165) is 30.2 Å². The van der Waals surface area contributed by atoms with Crippen molar-refractivity contribution in [2.75, 3.05) is 31.7 Å². The molecule has 19 heavy (non-hydrogen) atoms. The number of hydrogen-bond donors (Lipinski definition) is 1. The maximum atomic E-state index is 6.35. The van der Waals surface area contributed by atoms with Crippen LogP contribution in [-0.4, -0.2) is 32.8 Å². The zero-order chi connectivity index (χ0) is 14.3. The zero-order valence-electron chi connectivity index (χ0n) is 12.4. The van der Waals surface area contributed by atoms with Crippen LogP contribution in [0.4, 0.5) is 5.69 Å². The van der Waals surface area contributed by atoms with Crippen molar-refractivity contribution < 1.29 is 4.74 Å². The molecule has 3 nitrogen and oxygen atoms in total. The summed E-state index contributed by atoms with van der Waals surface area (Å²) in [5.74, 6) is 0. The van der Waals surface area contributed by atoms with Crippen molar-refractivity contribution in [3.8, 4) is 0 Å². The second-order valence-corrected chi connectivity index (χ2v) is 5.23. The van der Waals surface area contributed by atoms with Crippen LogP contribution in [0.25, 0.3) is 0 Å². The third-order valence-electron chi connectivity index (χ3n) is 3.13. The molecule has 0 amide bonds. The number of nitrogens with zero attached hydrogens (tertiary/aromatic N) is 1. The normalized spacial score (nSPS) is 11.1. The van der Waals surface area contributed by atoms with Crippen molar-refractivity contribution in [3.63, 3.8) is 0 Å². The van der Waals surface area contributed by atoms with Crippen LogP contribution in [0, 0.1) is 0 Å². The van der Waals surface area contributed by atoms with Crippen LogP contribution in [0.1, 0.15) is 26.3 Å². The minimum absolute atomic E-state index is 0.478.